The van der Waals surface area contributed by atoms with Crippen LogP contribution in [0.15, 0.2) is 77.8 Å². The van der Waals surface area contributed by atoms with Gasteiger partial charge in [-0.05, 0) is 11.1 Å². The van der Waals surface area contributed by atoms with E-state index >= 15 is 0 Å². The maximum absolute atomic E-state index is 11.2. The summed E-state index contributed by atoms with van der Waals surface area (Å²) in [5, 5.41) is 36.8. The van der Waals surface area contributed by atoms with Crippen molar-refractivity contribution in [1.29, 1.82) is 0 Å². The molecule has 0 radical (unpaired) electrons. The monoisotopic (exact) mass is 433 g/mol. The highest BCUT2D eigenvalue weighted by atomic mass is 16.6. The van der Waals surface area contributed by atoms with Gasteiger partial charge in [-0.1, -0.05) is 36.4 Å². The molecule has 0 bridgehead atoms. The van der Waals surface area contributed by atoms with Crippen LogP contribution in [0.1, 0.15) is 28.8 Å². The van der Waals surface area contributed by atoms with E-state index in [1.807, 2.05) is 0 Å². The predicted molar refractivity (Wildman–Crippen MR) is 114 cm³/mol. The Morgan fingerprint density at radius 3 is 1.78 bits per heavy atom. The number of rotatable bonds is 6. The van der Waals surface area contributed by atoms with E-state index in [4.69, 9.17) is 0 Å². The van der Waals surface area contributed by atoms with Gasteiger partial charge in [0.25, 0.3) is 17.1 Å². The molecule has 1 aliphatic rings. The zero-order valence-corrected chi connectivity index (χ0v) is 16.3. The Morgan fingerprint density at radius 1 is 0.688 bits per heavy atom. The van der Waals surface area contributed by atoms with E-state index in [9.17, 15) is 30.3 Å². The van der Waals surface area contributed by atoms with E-state index in [1.54, 1.807) is 30.3 Å². The van der Waals surface area contributed by atoms with Gasteiger partial charge in [-0.25, -0.2) is 0 Å². The number of amidine groups is 1. The van der Waals surface area contributed by atoms with Crippen LogP contribution in [-0.2, 0) is 0 Å². The van der Waals surface area contributed by atoms with Crippen molar-refractivity contribution in [3.63, 3.8) is 0 Å². The summed E-state index contributed by atoms with van der Waals surface area (Å²) in [6.45, 7) is 0. The molecule has 11 nitrogen and oxygen atoms in total. The second kappa shape index (κ2) is 8.22. The number of nitro benzene ring substituents is 3. The topological polar surface area (TPSA) is 154 Å². The molecule has 0 spiro atoms. The van der Waals surface area contributed by atoms with Gasteiger partial charge in [-0.3, -0.25) is 35.3 Å². The minimum Gasteiger partial charge on any atom is -0.361 e. The first-order chi connectivity index (χ1) is 15.3. The van der Waals surface area contributed by atoms with E-state index in [-0.39, 0.29) is 17.1 Å². The van der Waals surface area contributed by atoms with Crippen LogP contribution in [0.25, 0.3) is 0 Å². The van der Waals surface area contributed by atoms with E-state index < -0.39 is 26.9 Å². The first kappa shape index (κ1) is 20.6. The molecule has 32 heavy (non-hydrogen) atoms. The number of non-ortho nitro benzene ring substituents is 3. The van der Waals surface area contributed by atoms with Crippen LogP contribution in [0.4, 0.5) is 17.1 Å². The summed E-state index contributed by atoms with van der Waals surface area (Å²) < 4.78 is 0. The molecule has 0 saturated carbocycles. The number of nitrogens with one attached hydrogen (secondary N) is 1. The van der Waals surface area contributed by atoms with Crippen LogP contribution in [0.5, 0.6) is 0 Å². The van der Waals surface area contributed by atoms with Gasteiger partial charge in [0, 0.05) is 42.0 Å². The van der Waals surface area contributed by atoms with Gasteiger partial charge in [-0.15, -0.1) is 0 Å². The highest BCUT2D eigenvalue weighted by Gasteiger charge is 2.33. The zero-order valence-electron chi connectivity index (χ0n) is 16.3. The maximum Gasteiger partial charge on any atom is 0.270 e. The van der Waals surface area contributed by atoms with E-state index in [1.165, 1.54) is 42.5 Å². The lowest BCUT2D eigenvalue weighted by atomic mass is 9.94. The third-order valence-electron chi connectivity index (χ3n) is 5.07. The van der Waals surface area contributed by atoms with Crippen LogP contribution < -0.4 is 5.32 Å². The largest absolute Gasteiger partial charge is 0.361 e. The van der Waals surface area contributed by atoms with Crippen LogP contribution in [0.3, 0.4) is 0 Å². The van der Waals surface area contributed by atoms with Crippen molar-refractivity contribution in [2.45, 2.75) is 12.1 Å². The lowest BCUT2D eigenvalue weighted by molar-refractivity contribution is -0.385. The van der Waals surface area contributed by atoms with Gasteiger partial charge in [0.2, 0.25) is 0 Å². The molecule has 0 aromatic heterocycles. The molecule has 1 aliphatic heterocycles. The first-order valence-electron chi connectivity index (χ1n) is 9.41. The Bertz CT molecular complexity index is 1270. The highest BCUT2D eigenvalue weighted by Crippen LogP contribution is 2.39. The molecule has 0 saturated heterocycles. The summed E-state index contributed by atoms with van der Waals surface area (Å²) in [7, 11) is 0. The number of nitro groups is 3. The molecule has 2 atom stereocenters. The van der Waals surface area contributed by atoms with E-state index in [2.05, 4.69) is 10.3 Å². The van der Waals surface area contributed by atoms with Crippen molar-refractivity contribution < 1.29 is 14.8 Å². The number of aliphatic imine (C=N–C) groups is 1. The molecule has 0 amide bonds. The minimum absolute atomic E-state index is 0.106. The van der Waals surface area contributed by atoms with Crippen LogP contribution in [0.2, 0.25) is 0 Å². The number of nitrogens with zero attached hydrogens (tertiary/aromatic N) is 4. The van der Waals surface area contributed by atoms with Gasteiger partial charge >= 0.3 is 0 Å². The van der Waals surface area contributed by atoms with Crippen molar-refractivity contribution in [2.24, 2.45) is 4.99 Å². The van der Waals surface area contributed by atoms with Gasteiger partial charge in [0.15, 0.2) is 0 Å². The molecule has 0 aliphatic carbocycles. The zero-order chi connectivity index (χ0) is 22.8. The SMILES string of the molecule is O=[N+]([O-])c1cccc(C2=NC(c3cccc([N+](=O)[O-])c3)C(c3cccc([N+](=O)[O-])c3)N2)c1. The molecule has 160 valence electrons. The summed E-state index contributed by atoms with van der Waals surface area (Å²) in [4.78, 5) is 36.8. The van der Waals surface area contributed by atoms with Crippen molar-refractivity contribution in [1.82, 2.24) is 5.32 Å². The van der Waals surface area contributed by atoms with Crippen LogP contribution in [0, 0.1) is 30.3 Å². The fraction of sp³-hybridized carbons (Fsp3) is 0.0952. The van der Waals surface area contributed by atoms with Crippen LogP contribution >= 0.6 is 0 Å². The smallest absolute Gasteiger partial charge is 0.270 e. The minimum atomic E-state index is -0.647. The summed E-state index contributed by atoms with van der Waals surface area (Å²) in [6, 6.07) is 16.7. The van der Waals surface area contributed by atoms with Crippen molar-refractivity contribution in [3.8, 4) is 0 Å². The standard InChI is InChI=1S/C21H15N5O6/c27-24(28)16-7-1-4-13(10-16)19-20(14-5-2-8-17(11-14)25(29)30)23-21(22-19)15-6-3-9-18(12-15)26(31)32/h1-12,19-20H,(H,22,23). The third-order valence-corrected chi connectivity index (χ3v) is 5.07. The molecule has 3 aromatic carbocycles. The molecule has 2 unspecified atom stereocenters. The molecule has 4 rings (SSSR count). The Balaban J connectivity index is 1.81. The molecular formula is C21H15N5O6. The quantitative estimate of drug-likeness (QED) is 0.450. The predicted octanol–water partition coefficient (Wildman–Crippen LogP) is 4.24. The Kier molecular flexibility index (Phi) is 5.29. The van der Waals surface area contributed by atoms with Crippen LogP contribution in [-0.4, -0.2) is 20.6 Å². The third kappa shape index (κ3) is 3.99. The fourth-order valence-electron chi connectivity index (χ4n) is 3.59. The summed E-state index contributed by atoms with van der Waals surface area (Å²) in [6.07, 6.45) is 0. The summed E-state index contributed by atoms with van der Waals surface area (Å²) in [5.41, 5.74) is 1.22. The Labute approximate surface area is 180 Å². The van der Waals surface area contributed by atoms with Gasteiger partial charge < -0.3 is 5.32 Å². The number of benzene rings is 3. The molecule has 0 fully saturated rings. The lowest BCUT2D eigenvalue weighted by Crippen LogP contribution is -2.25. The van der Waals surface area contributed by atoms with Gasteiger partial charge in [-0.2, -0.15) is 0 Å². The second-order valence-electron chi connectivity index (χ2n) is 7.06. The summed E-state index contributed by atoms with van der Waals surface area (Å²) in [5.74, 6) is 0.349. The Hall–Kier alpha value is -4.67. The van der Waals surface area contributed by atoms with E-state index in [0.717, 1.165) is 0 Å². The average molecular weight is 433 g/mol. The average Bonchev–Trinajstić information content (AvgIpc) is 3.25. The Morgan fingerprint density at radius 2 is 1.19 bits per heavy atom. The fourth-order valence-corrected chi connectivity index (χ4v) is 3.59. The lowest BCUT2D eigenvalue weighted by Gasteiger charge is -2.19. The maximum atomic E-state index is 11.2. The summed E-state index contributed by atoms with van der Waals surface area (Å²) >= 11 is 0. The normalized spacial score (nSPS) is 17.3. The molecule has 1 heterocycles. The van der Waals surface area contributed by atoms with Crippen molar-refractivity contribution >= 4 is 22.9 Å². The number of hydrogen-bond donors (Lipinski definition) is 1. The van der Waals surface area contributed by atoms with Gasteiger partial charge in [0.1, 0.15) is 11.9 Å². The highest BCUT2D eigenvalue weighted by molar-refractivity contribution is 6.01. The van der Waals surface area contributed by atoms with E-state index in [0.29, 0.717) is 22.5 Å². The van der Waals surface area contributed by atoms with Gasteiger partial charge in [0.05, 0.1) is 20.8 Å². The van der Waals surface area contributed by atoms with Crippen molar-refractivity contribution in [2.75, 3.05) is 0 Å². The number of hydrogen-bond acceptors (Lipinski definition) is 8. The first-order valence-corrected chi connectivity index (χ1v) is 9.41. The molecular weight excluding hydrogens is 418 g/mol. The van der Waals surface area contributed by atoms with Crippen molar-refractivity contribution in [3.05, 3.63) is 120 Å². The second-order valence-corrected chi connectivity index (χ2v) is 7.06. The molecule has 1 N–H and O–H groups in total. The molecule has 11 heteroatoms. The molecule has 3 aromatic rings.